The Morgan fingerprint density at radius 3 is 2.41 bits per heavy atom. The third-order valence-electron chi connectivity index (χ3n) is 3.73. The van der Waals surface area contributed by atoms with Gasteiger partial charge in [0.2, 0.25) is 5.91 Å². The number of carbonyl (C=O) groups is 2. The highest BCUT2D eigenvalue weighted by Crippen LogP contribution is 2.30. The Morgan fingerprint density at radius 2 is 2.00 bits per heavy atom. The van der Waals surface area contributed by atoms with Gasteiger partial charge in [-0.25, -0.2) is 4.79 Å². The summed E-state index contributed by atoms with van der Waals surface area (Å²) in [5.74, 6) is -0.0724. The van der Waals surface area contributed by atoms with Crippen molar-refractivity contribution in [2.75, 3.05) is 6.54 Å². The van der Waals surface area contributed by atoms with Gasteiger partial charge in [0, 0.05) is 19.5 Å². The lowest BCUT2D eigenvalue weighted by molar-refractivity contribution is -0.141. The zero-order chi connectivity index (χ0) is 13.0. The van der Waals surface area contributed by atoms with Crippen molar-refractivity contribution in [3.05, 3.63) is 0 Å². The lowest BCUT2D eigenvalue weighted by Gasteiger charge is -2.22. The smallest absolute Gasteiger partial charge is 0.327 e. The van der Waals surface area contributed by atoms with Crippen LogP contribution in [0.3, 0.4) is 0 Å². The van der Waals surface area contributed by atoms with Crippen LogP contribution in [0.2, 0.25) is 0 Å². The normalized spacial score (nSPS) is 29.9. The van der Waals surface area contributed by atoms with E-state index in [1.54, 1.807) is 0 Å². The molecule has 1 amide bonds. The van der Waals surface area contributed by atoms with Crippen LogP contribution in [0.1, 0.15) is 33.6 Å². The van der Waals surface area contributed by atoms with Gasteiger partial charge in [0.05, 0.1) is 0 Å². The summed E-state index contributed by atoms with van der Waals surface area (Å²) in [6.45, 7) is 6.02. The summed E-state index contributed by atoms with van der Waals surface area (Å²) >= 11 is 0. The largest absolute Gasteiger partial charge is 0.480 e. The first-order valence-electron chi connectivity index (χ1n) is 6.15. The summed E-state index contributed by atoms with van der Waals surface area (Å²) in [7, 11) is 0. The minimum absolute atomic E-state index is 0.288. The molecule has 1 aliphatic carbocycles. The molecule has 0 aliphatic heterocycles. The Kier molecular flexibility index (Phi) is 4.93. The quantitative estimate of drug-likeness (QED) is 0.659. The number of carbonyl (C=O) groups excluding carboxylic acids is 1. The zero-order valence-corrected chi connectivity index (χ0v) is 10.7. The van der Waals surface area contributed by atoms with Crippen molar-refractivity contribution >= 4 is 11.9 Å². The Hall–Kier alpha value is -1.10. The van der Waals surface area contributed by atoms with E-state index in [0.717, 1.165) is 6.42 Å². The van der Waals surface area contributed by atoms with Gasteiger partial charge in [-0.15, -0.1) is 0 Å². The topological polar surface area (TPSA) is 78.4 Å². The number of hydrogen-bond acceptors (Lipinski definition) is 3. The number of aliphatic carboxylic acids is 1. The van der Waals surface area contributed by atoms with Gasteiger partial charge in [-0.1, -0.05) is 13.8 Å². The average molecular weight is 242 g/mol. The van der Waals surface area contributed by atoms with Crippen molar-refractivity contribution in [2.45, 2.75) is 45.7 Å². The Balaban J connectivity index is 2.41. The molecular weight excluding hydrogens is 220 g/mol. The van der Waals surface area contributed by atoms with Gasteiger partial charge in [-0.3, -0.25) is 4.79 Å². The summed E-state index contributed by atoms with van der Waals surface area (Å²) in [4.78, 5) is 21.8. The fourth-order valence-electron chi connectivity index (χ4n) is 2.37. The minimum atomic E-state index is -0.994. The first-order chi connectivity index (χ1) is 7.91. The molecule has 17 heavy (non-hydrogen) atoms. The molecule has 0 bridgehead atoms. The summed E-state index contributed by atoms with van der Waals surface area (Å²) in [6.07, 6.45) is 2.26. The van der Waals surface area contributed by atoms with Crippen molar-refractivity contribution in [2.24, 2.45) is 11.8 Å². The van der Waals surface area contributed by atoms with E-state index in [9.17, 15) is 9.59 Å². The molecule has 0 radical (unpaired) electrons. The number of rotatable bonds is 5. The van der Waals surface area contributed by atoms with Crippen LogP contribution >= 0.6 is 0 Å². The third kappa shape index (κ3) is 4.00. The van der Waals surface area contributed by atoms with E-state index in [1.165, 1.54) is 13.3 Å². The predicted octanol–water partition coefficient (Wildman–Crippen LogP) is 0.600. The first-order valence-corrected chi connectivity index (χ1v) is 6.15. The van der Waals surface area contributed by atoms with Gasteiger partial charge in [-0.2, -0.15) is 0 Å². The summed E-state index contributed by atoms with van der Waals surface area (Å²) in [6, 6.07) is -0.476. The van der Waals surface area contributed by atoms with Crippen LogP contribution in [0, 0.1) is 11.8 Å². The maximum absolute atomic E-state index is 10.9. The van der Waals surface area contributed by atoms with E-state index < -0.39 is 12.0 Å². The highest BCUT2D eigenvalue weighted by Gasteiger charge is 2.30. The second-order valence-corrected chi connectivity index (χ2v) is 5.02. The maximum atomic E-state index is 10.9. The van der Waals surface area contributed by atoms with Crippen LogP contribution in [-0.2, 0) is 9.59 Å². The molecule has 0 aromatic heterocycles. The predicted molar refractivity (Wildman–Crippen MR) is 64.6 cm³/mol. The standard InChI is InChI=1S/C12H22N2O3/c1-7-4-5-10(8(7)2)13-6-11(12(16)17)14-9(3)15/h7-8,10-11,13H,4-6H2,1-3H3,(H,14,15)(H,16,17). The van der Waals surface area contributed by atoms with Crippen LogP contribution in [0.4, 0.5) is 0 Å². The molecule has 5 nitrogen and oxygen atoms in total. The molecule has 98 valence electrons. The third-order valence-corrected chi connectivity index (χ3v) is 3.73. The number of carboxylic acid groups (broad SMARTS) is 1. The van der Waals surface area contributed by atoms with Gasteiger partial charge in [-0.05, 0) is 24.7 Å². The molecule has 0 heterocycles. The van der Waals surface area contributed by atoms with Crippen molar-refractivity contribution in [1.29, 1.82) is 0 Å². The fourth-order valence-corrected chi connectivity index (χ4v) is 2.37. The molecule has 1 aliphatic rings. The van der Waals surface area contributed by atoms with Crippen molar-refractivity contribution in [3.63, 3.8) is 0 Å². The van der Waals surface area contributed by atoms with E-state index in [1.807, 2.05) is 0 Å². The van der Waals surface area contributed by atoms with Crippen LogP contribution in [0.5, 0.6) is 0 Å². The number of nitrogens with one attached hydrogen (secondary N) is 2. The molecule has 1 rings (SSSR count). The van der Waals surface area contributed by atoms with E-state index in [-0.39, 0.29) is 12.5 Å². The molecule has 0 aromatic rings. The van der Waals surface area contributed by atoms with Crippen molar-refractivity contribution in [1.82, 2.24) is 10.6 Å². The highest BCUT2D eigenvalue weighted by molar-refractivity contribution is 5.82. The Labute approximate surface area is 102 Å². The Morgan fingerprint density at radius 1 is 1.35 bits per heavy atom. The number of carboxylic acids is 1. The minimum Gasteiger partial charge on any atom is -0.480 e. The molecule has 0 aromatic carbocycles. The summed E-state index contributed by atoms with van der Waals surface area (Å²) in [5.41, 5.74) is 0. The number of amides is 1. The van der Waals surface area contributed by atoms with Gasteiger partial charge >= 0.3 is 5.97 Å². The Bertz CT molecular complexity index is 293. The zero-order valence-electron chi connectivity index (χ0n) is 10.7. The summed E-state index contributed by atoms with van der Waals surface area (Å²) in [5, 5.41) is 14.6. The van der Waals surface area contributed by atoms with Gasteiger partial charge < -0.3 is 15.7 Å². The van der Waals surface area contributed by atoms with Crippen molar-refractivity contribution < 1.29 is 14.7 Å². The monoisotopic (exact) mass is 242 g/mol. The summed E-state index contributed by atoms with van der Waals surface area (Å²) < 4.78 is 0. The van der Waals surface area contributed by atoms with Gasteiger partial charge in [0.15, 0.2) is 0 Å². The van der Waals surface area contributed by atoms with Gasteiger partial charge in [0.1, 0.15) is 6.04 Å². The van der Waals surface area contributed by atoms with Crippen LogP contribution in [0.25, 0.3) is 0 Å². The van der Waals surface area contributed by atoms with E-state index in [2.05, 4.69) is 24.5 Å². The molecule has 5 heteroatoms. The second kappa shape index (κ2) is 6.00. The van der Waals surface area contributed by atoms with Crippen LogP contribution in [0.15, 0.2) is 0 Å². The highest BCUT2D eigenvalue weighted by atomic mass is 16.4. The second-order valence-electron chi connectivity index (χ2n) is 5.02. The number of hydrogen-bond donors (Lipinski definition) is 3. The molecule has 4 atom stereocenters. The molecule has 1 saturated carbocycles. The molecular formula is C12H22N2O3. The van der Waals surface area contributed by atoms with E-state index >= 15 is 0 Å². The SMILES string of the molecule is CC(=O)NC(CNC1CCC(C)C1C)C(=O)O. The molecule has 4 unspecified atom stereocenters. The molecule has 0 spiro atoms. The van der Waals surface area contributed by atoms with E-state index in [4.69, 9.17) is 5.11 Å². The molecule has 0 saturated heterocycles. The lowest BCUT2D eigenvalue weighted by atomic mass is 9.98. The molecule has 1 fully saturated rings. The van der Waals surface area contributed by atoms with Crippen molar-refractivity contribution in [3.8, 4) is 0 Å². The molecule has 3 N–H and O–H groups in total. The average Bonchev–Trinajstić information content (AvgIpc) is 2.54. The van der Waals surface area contributed by atoms with E-state index in [0.29, 0.717) is 17.9 Å². The van der Waals surface area contributed by atoms with Gasteiger partial charge in [0.25, 0.3) is 0 Å². The van der Waals surface area contributed by atoms with Crippen LogP contribution in [-0.4, -0.2) is 35.6 Å². The first kappa shape index (κ1) is 14.0. The lowest BCUT2D eigenvalue weighted by Crippen LogP contribution is -2.49. The fraction of sp³-hybridized carbons (Fsp3) is 0.833. The van der Waals surface area contributed by atoms with Crippen LogP contribution < -0.4 is 10.6 Å². The maximum Gasteiger partial charge on any atom is 0.327 e.